The van der Waals surface area contributed by atoms with Gasteiger partial charge in [0.1, 0.15) is 12.1 Å². The molecule has 0 unspecified atom stereocenters. The highest BCUT2D eigenvalue weighted by molar-refractivity contribution is 5.55. The van der Waals surface area contributed by atoms with Crippen molar-refractivity contribution in [2.45, 2.75) is 20.8 Å². The molecule has 1 saturated heterocycles. The molecule has 4 heteroatoms. The molecule has 4 nitrogen and oxygen atoms in total. The van der Waals surface area contributed by atoms with Crippen molar-refractivity contribution in [2.24, 2.45) is 0 Å². The quantitative estimate of drug-likeness (QED) is 0.848. The molecule has 0 amide bonds. The third-order valence-electron chi connectivity index (χ3n) is 4.34. The number of nitrogens with zero attached hydrogens (tertiary/aromatic N) is 4. The molecular weight excluding hydrogens is 260 g/mol. The molecule has 0 saturated carbocycles. The van der Waals surface area contributed by atoms with Crippen molar-refractivity contribution < 1.29 is 0 Å². The summed E-state index contributed by atoms with van der Waals surface area (Å²) in [6.45, 7) is 10.4. The molecule has 1 aliphatic heterocycles. The van der Waals surface area contributed by atoms with Crippen molar-refractivity contribution in [3.8, 4) is 0 Å². The van der Waals surface area contributed by atoms with Crippen molar-refractivity contribution in [2.75, 3.05) is 36.0 Å². The fourth-order valence-electron chi connectivity index (χ4n) is 2.92. The van der Waals surface area contributed by atoms with Gasteiger partial charge in [0.25, 0.3) is 0 Å². The lowest BCUT2D eigenvalue weighted by Gasteiger charge is -2.38. The summed E-state index contributed by atoms with van der Waals surface area (Å²) in [5.41, 5.74) is 4.97. The fraction of sp³-hybridized carbons (Fsp3) is 0.412. The number of aryl methyl sites for hydroxylation is 2. The minimum Gasteiger partial charge on any atom is -0.368 e. The normalized spacial score (nSPS) is 15.4. The van der Waals surface area contributed by atoms with E-state index in [0.29, 0.717) is 0 Å². The number of benzene rings is 1. The Morgan fingerprint density at radius 1 is 0.857 bits per heavy atom. The number of piperazine rings is 1. The molecule has 0 bridgehead atoms. The molecule has 110 valence electrons. The highest BCUT2D eigenvalue weighted by Gasteiger charge is 2.20. The van der Waals surface area contributed by atoms with Crippen LogP contribution in [0.3, 0.4) is 0 Å². The standard InChI is InChI=1S/C17H22N4/c1-13-6-4-5-7-16(13)20-8-10-21(11-9-20)17-14(2)15(3)18-12-19-17/h4-7,12H,8-11H2,1-3H3. The molecule has 0 N–H and O–H groups in total. The molecule has 3 rings (SSSR count). The molecule has 0 aliphatic carbocycles. The lowest BCUT2D eigenvalue weighted by atomic mass is 10.1. The van der Waals surface area contributed by atoms with E-state index < -0.39 is 0 Å². The number of rotatable bonds is 2. The van der Waals surface area contributed by atoms with Crippen LogP contribution in [0.1, 0.15) is 16.8 Å². The van der Waals surface area contributed by atoms with E-state index in [0.717, 1.165) is 37.7 Å². The van der Waals surface area contributed by atoms with Crippen LogP contribution < -0.4 is 9.80 Å². The molecule has 1 aromatic heterocycles. The number of hydrogen-bond acceptors (Lipinski definition) is 4. The van der Waals surface area contributed by atoms with Crippen molar-refractivity contribution in [1.29, 1.82) is 0 Å². The van der Waals surface area contributed by atoms with Gasteiger partial charge in [-0.1, -0.05) is 18.2 Å². The van der Waals surface area contributed by atoms with Crippen LogP contribution in [0.5, 0.6) is 0 Å². The van der Waals surface area contributed by atoms with Crippen LogP contribution in [0.25, 0.3) is 0 Å². The summed E-state index contributed by atoms with van der Waals surface area (Å²) < 4.78 is 0. The smallest absolute Gasteiger partial charge is 0.135 e. The Morgan fingerprint density at radius 3 is 2.24 bits per heavy atom. The van der Waals surface area contributed by atoms with Crippen LogP contribution in [0.4, 0.5) is 11.5 Å². The van der Waals surface area contributed by atoms with Crippen LogP contribution in [0.15, 0.2) is 30.6 Å². The van der Waals surface area contributed by atoms with Crippen molar-refractivity contribution in [3.63, 3.8) is 0 Å². The topological polar surface area (TPSA) is 32.3 Å². The summed E-state index contributed by atoms with van der Waals surface area (Å²) in [6, 6.07) is 8.61. The Labute approximate surface area is 126 Å². The highest BCUT2D eigenvalue weighted by Crippen LogP contribution is 2.24. The summed E-state index contributed by atoms with van der Waals surface area (Å²) in [5, 5.41) is 0. The van der Waals surface area contributed by atoms with Crippen LogP contribution in [-0.4, -0.2) is 36.1 Å². The molecule has 2 heterocycles. The van der Waals surface area contributed by atoms with Gasteiger partial charge in [0.05, 0.1) is 0 Å². The maximum Gasteiger partial charge on any atom is 0.135 e. The molecule has 1 aliphatic rings. The minimum absolute atomic E-state index is 1.01. The maximum absolute atomic E-state index is 4.47. The zero-order chi connectivity index (χ0) is 14.8. The third-order valence-corrected chi connectivity index (χ3v) is 4.34. The van der Waals surface area contributed by atoms with E-state index in [9.17, 15) is 0 Å². The molecule has 0 spiro atoms. The number of aromatic nitrogens is 2. The number of anilines is 2. The third kappa shape index (κ3) is 2.71. The van der Waals surface area contributed by atoms with Gasteiger partial charge in [-0.2, -0.15) is 0 Å². The van der Waals surface area contributed by atoms with Crippen LogP contribution in [-0.2, 0) is 0 Å². The van der Waals surface area contributed by atoms with Crippen molar-refractivity contribution >= 4 is 11.5 Å². The van der Waals surface area contributed by atoms with Crippen molar-refractivity contribution in [3.05, 3.63) is 47.4 Å². The number of para-hydroxylation sites is 1. The van der Waals surface area contributed by atoms with Crippen LogP contribution in [0, 0.1) is 20.8 Å². The van der Waals surface area contributed by atoms with Gasteiger partial charge in [-0.05, 0) is 32.4 Å². The minimum atomic E-state index is 1.01. The Morgan fingerprint density at radius 2 is 1.52 bits per heavy atom. The van der Waals surface area contributed by atoms with Gasteiger partial charge in [0.2, 0.25) is 0 Å². The van der Waals surface area contributed by atoms with E-state index in [4.69, 9.17) is 0 Å². The summed E-state index contributed by atoms with van der Waals surface area (Å²) in [4.78, 5) is 13.6. The average molecular weight is 282 g/mol. The Bertz CT molecular complexity index is 630. The van der Waals surface area contributed by atoms with E-state index in [1.165, 1.54) is 16.8 Å². The molecule has 21 heavy (non-hydrogen) atoms. The Balaban J connectivity index is 1.74. The van der Waals surface area contributed by atoms with Gasteiger partial charge in [-0.15, -0.1) is 0 Å². The van der Waals surface area contributed by atoms with Gasteiger partial charge >= 0.3 is 0 Å². The van der Waals surface area contributed by atoms with E-state index in [1.807, 2.05) is 6.92 Å². The van der Waals surface area contributed by atoms with Gasteiger partial charge in [-0.3, -0.25) is 0 Å². The SMILES string of the molecule is Cc1ccccc1N1CCN(c2ncnc(C)c2C)CC1. The predicted octanol–water partition coefficient (Wildman–Crippen LogP) is 2.73. The number of hydrogen-bond donors (Lipinski definition) is 0. The molecular formula is C17H22N4. The molecule has 0 atom stereocenters. The lowest BCUT2D eigenvalue weighted by molar-refractivity contribution is 0.643. The fourth-order valence-corrected chi connectivity index (χ4v) is 2.92. The first-order chi connectivity index (χ1) is 10.2. The van der Waals surface area contributed by atoms with Crippen LogP contribution >= 0.6 is 0 Å². The first-order valence-electron chi connectivity index (χ1n) is 7.50. The zero-order valence-electron chi connectivity index (χ0n) is 13.0. The van der Waals surface area contributed by atoms with Crippen molar-refractivity contribution in [1.82, 2.24) is 9.97 Å². The summed E-state index contributed by atoms with van der Waals surface area (Å²) in [7, 11) is 0. The van der Waals surface area contributed by atoms with Gasteiger partial charge < -0.3 is 9.80 Å². The monoisotopic (exact) mass is 282 g/mol. The van der Waals surface area contributed by atoms with E-state index in [2.05, 4.69) is 57.9 Å². The van der Waals surface area contributed by atoms with E-state index in [-0.39, 0.29) is 0 Å². The largest absolute Gasteiger partial charge is 0.368 e. The summed E-state index contributed by atoms with van der Waals surface area (Å²) in [6.07, 6.45) is 1.67. The molecule has 0 radical (unpaired) electrons. The predicted molar refractivity (Wildman–Crippen MR) is 87.1 cm³/mol. The molecule has 2 aromatic rings. The average Bonchev–Trinajstić information content (AvgIpc) is 2.51. The zero-order valence-corrected chi connectivity index (χ0v) is 13.0. The molecule has 1 fully saturated rings. The van der Waals surface area contributed by atoms with Gasteiger partial charge in [0.15, 0.2) is 0 Å². The first kappa shape index (κ1) is 13.9. The second-order valence-electron chi connectivity index (χ2n) is 5.67. The summed E-state index contributed by atoms with van der Waals surface area (Å²) >= 11 is 0. The first-order valence-corrected chi connectivity index (χ1v) is 7.50. The lowest BCUT2D eigenvalue weighted by Crippen LogP contribution is -2.47. The van der Waals surface area contributed by atoms with Gasteiger partial charge in [-0.25, -0.2) is 9.97 Å². The van der Waals surface area contributed by atoms with Crippen LogP contribution in [0.2, 0.25) is 0 Å². The highest BCUT2D eigenvalue weighted by atomic mass is 15.3. The van der Waals surface area contributed by atoms with E-state index >= 15 is 0 Å². The second kappa shape index (κ2) is 5.72. The van der Waals surface area contributed by atoms with Gasteiger partial charge in [0, 0.05) is 43.1 Å². The second-order valence-corrected chi connectivity index (χ2v) is 5.67. The summed E-state index contributed by atoms with van der Waals surface area (Å²) in [5.74, 6) is 1.09. The maximum atomic E-state index is 4.47. The molecule has 1 aromatic carbocycles. The Hall–Kier alpha value is -2.10. The Kier molecular flexibility index (Phi) is 3.78. The van der Waals surface area contributed by atoms with E-state index in [1.54, 1.807) is 6.33 Å².